The van der Waals surface area contributed by atoms with Gasteiger partial charge in [0.1, 0.15) is 18.0 Å². The molecule has 16 heavy (non-hydrogen) atoms. The quantitative estimate of drug-likeness (QED) is 0.664. The van der Waals surface area contributed by atoms with Gasteiger partial charge in [0.2, 0.25) is 0 Å². The molecule has 1 aromatic rings. The molecule has 6 nitrogen and oxygen atoms in total. The first-order valence-electron chi connectivity index (χ1n) is 5.02. The molecule has 6 heteroatoms. The molecule has 1 aromatic heterocycles. The summed E-state index contributed by atoms with van der Waals surface area (Å²) in [6.45, 7) is 1.91. The molecule has 0 fully saturated rings. The maximum atomic E-state index is 8.39. The van der Waals surface area contributed by atoms with Crippen molar-refractivity contribution in [3.63, 3.8) is 0 Å². The minimum Gasteiger partial charge on any atom is -0.383 e. The number of nitriles is 1. The van der Waals surface area contributed by atoms with Crippen molar-refractivity contribution in [3.8, 4) is 6.07 Å². The Morgan fingerprint density at radius 2 is 2.00 bits per heavy atom. The van der Waals surface area contributed by atoms with Crippen LogP contribution in [0.1, 0.15) is 6.42 Å². The lowest BCUT2D eigenvalue weighted by atomic mass is 10.4. The van der Waals surface area contributed by atoms with E-state index >= 15 is 0 Å². The van der Waals surface area contributed by atoms with Crippen LogP contribution in [0.15, 0.2) is 12.4 Å². The van der Waals surface area contributed by atoms with E-state index < -0.39 is 0 Å². The van der Waals surface area contributed by atoms with Crippen LogP contribution in [-0.4, -0.2) is 36.8 Å². The molecule has 0 saturated heterocycles. The van der Waals surface area contributed by atoms with Crippen molar-refractivity contribution in [1.29, 1.82) is 5.26 Å². The summed E-state index contributed by atoms with van der Waals surface area (Å²) < 4.78 is 4.92. The summed E-state index contributed by atoms with van der Waals surface area (Å²) in [5, 5.41) is 14.5. The van der Waals surface area contributed by atoms with Crippen molar-refractivity contribution in [2.24, 2.45) is 0 Å². The first-order chi connectivity index (χ1) is 7.86. The number of aromatic nitrogens is 2. The van der Waals surface area contributed by atoms with Gasteiger partial charge in [-0.3, -0.25) is 0 Å². The van der Waals surface area contributed by atoms with Crippen molar-refractivity contribution < 1.29 is 4.74 Å². The minimum absolute atomic E-state index is 0.455. The van der Waals surface area contributed by atoms with Gasteiger partial charge in [0.05, 0.1) is 19.1 Å². The first kappa shape index (κ1) is 12.2. The molecule has 0 atom stereocenters. The van der Waals surface area contributed by atoms with Crippen molar-refractivity contribution in [2.75, 3.05) is 37.4 Å². The molecule has 0 bridgehead atoms. The van der Waals surface area contributed by atoms with Gasteiger partial charge in [-0.05, 0) is 0 Å². The van der Waals surface area contributed by atoms with E-state index in [-0.39, 0.29) is 0 Å². The third-order valence-corrected chi connectivity index (χ3v) is 1.82. The highest BCUT2D eigenvalue weighted by Gasteiger charge is 1.97. The fourth-order valence-corrected chi connectivity index (χ4v) is 1.08. The van der Waals surface area contributed by atoms with Gasteiger partial charge in [-0.2, -0.15) is 5.26 Å². The zero-order valence-corrected chi connectivity index (χ0v) is 9.23. The van der Waals surface area contributed by atoms with Crippen molar-refractivity contribution in [1.82, 2.24) is 9.97 Å². The van der Waals surface area contributed by atoms with Gasteiger partial charge in [-0.1, -0.05) is 0 Å². The number of hydrogen-bond donors (Lipinski definition) is 2. The summed E-state index contributed by atoms with van der Waals surface area (Å²) in [7, 11) is 1.65. The van der Waals surface area contributed by atoms with E-state index in [1.807, 2.05) is 0 Å². The zero-order valence-electron chi connectivity index (χ0n) is 9.23. The maximum Gasteiger partial charge on any atom is 0.131 e. The second-order valence-electron chi connectivity index (χ2n) is 3.04. The van der Waals surface area contributed by atoms with E-state index in [0.717, 1.165) is 5.82 Å². The molecular formula is C10H15N5O. The molecule has 1 rings (SSSR count). The van der Waals surface area contributed by atoms with E-state index in [0.29, 0.717) is 31.9 Å². The first-order valence-corrected chi connectivity index (χ1v) is 5.02. The second kappa shape index (κ2) is 7.43. The van der Waals surface area contributed by atoms with Gasteiger partial charge in [-0.25, -0.2) is 9.97 Å². The summed E-state index contributed by atoms with van der Waals surface area (Å²) in [5.41, 5.74) is 0. The van der Waals surface area contributed by atoms with Crippen LogP contribution in [0.4, 0.5) is 11.6 Å². The Kier molecular flexibility index (Phi) is 5.66. The average Bonchev–Trinajstić information content (AvgIpc) is 2.30. The molecule has 0 saturated carbocycles. The van der Waals surface area contributed by atoms with Gasteiger partial charge in [-0.15, -0.1) is 0 Å². The molecule has 0 amide bonds. The van der Waals surface area contributed by atoms with E-state index in [1.54, 1.807) is 13.2 Å². The Hall–Kier alpha value is -1.87. The Labute approximate surface area is 94.7 Å². The number of hydrogen-bond acceptors (Lipinski definition) is 6. The molecule has 0 aliphatic rings. The fourth-order valence-electron chi connectivity index (χ4n) is 1.08. The second-order valence-corrected chi connectivity index (χ2v) is 3.04. The minimum atomic E-state index is 0.455. The van der Waals surface area contributed by atoms with E-state index in [4.69, 9.17) is 10.00 Å². The smallest absolute Gasteiger partial charge is 0.131 e. The van der Waals surface area contributed by atoms with Gasteiger partial charge in [0, 0.05) is 26.3 Å². The van der Waals surface area contributed by atoms with Crippen molar-refractivity contribution in [3.05, 3.63) is 12.4 Å². The highest BCUT2D eigenvalue weighted by molar-refractivity contribution is 5.46. The molecule has 86 valence electrons. The molecule has 0 aliphatic heterocycles. The average molecular weight is 221 g/mol. The molecular weight excluding hydrogens is 206 g/mol. The number of nitrogens with zero attached hydrogens (tertiary/aromatic N) is 3. The maximum absolute atomic E-state index is 8.39. The molecule has 1 heterocycles. The summed E-state index contributed by atoms with van der Waals surface area (Å²) in [6, 6.07) is 3.86. The number of rotatable bonds is 7. The lowest BCUT2D eigenvalue weighted by Gasteiger charge is -2.06. The summed E-state index contributed by atoms with van der Waals surface area (Å²) in [4.78, 5) is 8.09. The van der Waals surface area contributed by atoms with Gasteiger partial charge in [0.25, 0.3) is 0 Å². The number of methoxy groups -OCH3 is 1. The van der Waals surface area contributed by atoms with Crippen LogP contribution in [-0.2, 0) is 4.74 Å². The number of ether oxygens (including phenoxy) is 1. The standard InChI is InChI=1S/C10H15N5O/c1-16-6-5-13-10-7-9(14-8-15-10)12-4-2-3-11/h7-8H,2,4-6H2,1H3,(H2,12,13,14,15). The van der Waals surface area contributed by atoms with Crippen LogP contribution in [0.5, 0.6) is 0 Å². The summed E-state index contributed by atoms with van der Waals surface area (Å²) in [6.07, 6.45) is 1.93. The Morgan fingerprint density at radius 3 is 2.62 bits per heavy atom. The Morgan fingerprint density at radius 1 is 1.31 bits per heavy atom. The van der Waals surface area contributed by atoms with Crippen LogP contribution >= 0.6 is 0 Å². The van der Waals surface area contributed by atoms with E-state index in [9.17, 15) is 0 Å². The van der Waals surface area contributed by atoms with Crippen LogP contribution in [0.3, 0.4) is 0 Å². The normalized spacial score (nSPS) is 9.50. The van der Waals surface area contributed by atoms with E-state index in [1.165, 1.54) is 6.33 Å². The molecule has 0 aromatic carbocycles. The predicted octanol–water partition coefficient (Wildman–Crippen LogP) is 0.860. The number of nitrogens with one attached hydrogen (secondary N) is 2. The zero-order chi connectivity index (χ0) is 11.6. The van der Waals surface area contributed by atoms with Crippen molar-refractivity contribution in [2.45, 2.75) is 6.42 Å². The van der Waals surface area contributed by atoms with Gasteiger partial charge < -0.3 is 15.4 Å². The topological polar surface area (TPSA) is 82.9 Å². The third kappa shape index (κ3) is 4.57. The summed E-state index contributed by atoms with van der Waals surface area (Å²) >= 11 is 0. The number of anilines is 2. The molecule has 0 unspecified atom stereocenters. The van der Waals surface area contributed by atoms with Crippen LogP contribution in [0, 0.1) is 11.3 Å². The van der Waals surface area contributed by atoms with Gasteiger partial charge in [0.15, 0.2) is 0 Å². The monoisotopic (exact) mass is 221 g/mol. The molecule has 0 spiro atoms. The molecule has 2 N–H and O–H groups in total. The largest absolute Gasteiger partial charge is 0.383 e. The highest BCUT2D eigenvalue weighted by atomic mass is 16.5. The third-order valence-electron chi connectivity index (χ3n) is 1.82. The summed E-state index contributed by atoms with van der Waals surface area (Å²) in [5.74, 6) is 1.46. The van der Waals surface area contributed by atoms with Crippen molar-refractivity contribution >= 4 is 11.6 Å². The lowest BCUT2D eigenvalue weighted by Crippen LogP contribution is -2.10. The van der Waals surface area contributed by atoms with Crippen LogP contribution in [0.25, 0.3) is 0 Å². The van der Waals surface area contributed by atoms with Gasteiger partial charge >= 0.3 is 0 Å². The van der Waals surface area contributed by atoms with Crippen LogP contribution < -0.4 is 10.6 Å². The fraction of sp³-hybridized carbons (Fsp3) is 0.500. The lowest BCUT2D eigenvalue weighted by molar-refractivity contribution is 0.210. The van der Waals surface area contributed by atoms with Crippen LogP contribution in [0.2, 0.25) is 0 Å². The van der Waals surface area contributed by atoms with E-state index in [2.05, 4.69) is 26.7 Å². The SMILES string of the molecule is COCCNc1cc(NCCC#N)ncn1. The molecule has 0 aliphatic carbocycles. The predicted molar refractivity (Wildman–Crippen MR) is 61.1 cm³/mol. The Balaban J connectivity index is 2.41. The molecule has 0 radical (unpaired) electrons. The Bertz CT molecular complexity index is 349. The highest BCUT2D eigenvalue weighted by Crippen LogP contribution is 2.07.